The zero-order chi connectivity index (χ0) is 37.0. The molecule has 0 spiro atoms. The Bertz CT molecular complexity index is 1990. The first-order chi connectivity index (χ1) is 24.9. The average Bonchev–Trinajstić information content (AvgIpc) is 3.79. The number of carbonyl (C=O) groups excluding carboxylic acids is 3. The summed E-state index contributed by atoms with van der Waals surface area (Å²) in [6, 6.07) is 16.7. The molecule has 6 rings (SSSR count). The van der Waals surface area contributed by atoms with Crippen molar-refractivity contribution in [3.63, 3.8) is 0 Å². The maximum atomic E-state index is 14.3. The summed E-state index contributed by atoms with van der Waals surface area (Å²) in [5, 5.41) is 30.1. The summed E-state index contributed by atoms with van der Waals surface area (Å²) < 4.78 is 5.47. The van der Waals surface area contributed by atoms with Gasteiger partial charge in [-0.15, -0.1) is 10.2 Å². The second-order valence-electron chi connectivity index (χ2n) is 14.3. The number of ether oxygens (including phenoxy) is 1. The number of amides is 3. The van der Waals surface area contributed by atoms with E-state index >= 15 is 0 Å². The second kappa shape index (κ2) is 14.9. The number of aromatic nitrogens is 5. The molecule has 2 aliphatic heterocycles. The molecule has 1 fully saturated rings. The van der Waals surface area contributed by atoms with Gasteiger partial charge in [-0.05, 0) is 63.8 Å². The highest BCUT2D eigenvalue weighted by atomic mass is 16.6. The smallest absolute Gasteiger partial charge is 0.408 e. The van der Waals surface area contributed by atoms with Crippen LogP contribution in [-0.2, 0) is 19.1 Å². The highest BCUT2D eigenvalue weighted by Gasteiger charge is 2.46. The number of tetrazole rings is 1. The molecule has 1 saturated heterocycles. The average molecular weight is 709 g/mol. The monoisotopic (exact) mass is 708 g/mol. The minimum Gasteiger partial charge on any atom is -0.479 e. The van der Waals surface area contributed by atoms with Crippen LogP contribution in [0.15, 0.2) is 72.8 Å². The van der Waals surface area contributed by atoms with Crippen LogP contribution in [0.5, 0.6) is 0 Å². The van der Waals surface area contributed by atoms with Crippen molar-refractivity contribution in [2.24, 2.45) is 0 Å². The zero-order valence-electron chi connectivity index (χ0n) is 29.8. The number of rotatable bonds is 6. The van der Waals surface area contributed by atoms with E-state index in [0.29, 0.717) is 37.1 Å². The number of hydrogen-bond acceptors (Lipinski definition) is 9. The maximum absolute atomic E-state index is 14.3. The lowest BCUT2D eigenvalue weighted by Gasteiger charge is -2.32. The second-order valence-corrected chi connectivity index (χ2v) is 14.3. The Hall–Kier alpha value is -5.66. The van der Waals surface area contributed by atoms with Crippen molar-refractivity contribution in [3.8, 4) is 22.6 Å². The van der Waals surface area contributed by atoms with E-state index in [-0.39, 0.29) is 19.4 Å². The molecule has 0 unspecified atom stereocenters. The Balaban J connectivity index is 1.35. The molecule has 14 nitrogen and oxygen atoms in total. The molecule has 0 saturated carbocycles. The minimum atomic E-state index is -1.66. The molecule has 4 atom stereocenters. The molecular weight excluding hydrogens is 664 g/mol. The van der Waals surface area contributed by atoms with Gasteiger partial charge in [0.25, 0.3) is 0 Å². The number of nitrogens with one attached hydrogen (secondary N) is 2. The van der Waals surface area contributed by atoms with Gasteiger partial charge in [-0.25, -0.2) is 14.6 Å². The van der Waals surface area contributed by atoms with Crippen molar-refractivity contribution >= 4 is 34.8 Å². The number of carboxylic acid groups (broad SMARTS) is 1. The molecule has 3 amide bonds. The Labute approximate surface area is 301 Å². The van der Waals surface area contributed by atoms with E-state index in [2.05, 4.69) is 20.9 Å². The lowest BCUT2D eigenvalue weighted by Crippen LogP contribution is -2.59. The van der Waals surface area contributed by atoms with Gasteiger partial charge in [-0.1, -0.05) is 74.0 Å². The molecule has 0 radical (unpaired) electrons. The van der Waals surface area contributed by atoms with Gasteiger partial charge in [0.05, 0.1) is 17.3 Å². The van der Waals surface area contributed by atoms with E-state index in [4.69, 9.17) is 14.8 Å². The van der Waals surface area contributed by atoms with Crippen LogP contribution in [0.4, 0.5) is 4.79 Å². The van der Waals surface area contributed by atoms with Gasteiger partial charge in [0, 0.05) is 29.5 Å². The van der Waals surface area contributed by atoms with E-state index < -0.39 is 53.1 Å². The summed E-state index contributed by atoms with van der Waals surface area (Å²) >= 11 is 0. The number of nitrogens with zero attached hydrogens (tertiary/aromatic N) is 6. The van der Waals surface area contributed by atoms with E-state index in [1.165, 1.54) is 15.8 Å². The van der Waals surface area contributed by atoms with Crippen LogP contribution in [0.3, 0.4) is 0 Å². The maximum Gasteiger partial charge on any atom is 0.408 e. The van der Waals surface area contributed by atoms with Crippen molar-refractivity contribution in [1.29, 1.82) is 0 Å². The van der Waals surface area contributed by atoms with Crippen molar-refractivity contribution in [2.75, 3.05) is 6.54 Å². The van der Waals surface area contributed by atoms with E-state index in [9.17, 15) is 24.3 Å². The third-order valence-electron chi connectivity index (χ3n) is 9.44. The standard InChI is InChI=1S/C38H44N8O6/c1-5-38(35(49)50)20-14-7-6-11-19-29(40-36(51)52-37(2,3)4)34(48)45-23-25(21-31(45)33(47)41-38)46-43-32(42-44-46)27-22-30(24-15-9-8-10-16-24)39-28-18-13-12-17-26(27)28/h8-10,12-18,20,22,25,29,31H,5-7,11,19,21,23H2,1-4H3,(H,40,51)(H,41,47)(H,49,50)/b20-14-/t25-,29+,31+,38-/m1/s1. The predicted molar refractivity (Wildman–Crippen MR) is 193 cm³/mol. The first kappa shape index (κ1) is 36.1. The molecule has 2 aromatic heterocycles. The number of hydrogen-bond donors (Lipinski definition) is 3. The minimum absolute atomic E-state index is 0.0214. The zero-order valence-corrected chi connectivity index (χ0v) is 29.8. The largest absolute Gasteiger partial charge is 0.479 e. The molecular formula is C38H44N8O6. The summed E-state index contributed by atoms with van der Waals surface area (Å²) in [6.07, 6.45) is 4.73. The molecule has 0 aliphatic carbocycles. The summed E-state index contributed by atoms with van der Waals surface area (Å²) in [5.41, 5.74) is 0.684. The van der Waals surface area contributed by atoms with Gasteiger partial charge in [-0.2, -0.15) is 4.80 Å². The number of alkyl carbamates (subject to hydrolysis) is 1. The molecule has 2 aliphatic rings. The number of benzene rings is 2. The SMILES string of the molecule is CC[C@]1(C(=O)O)/C=C\CCCC[C@H](NC(=O)OC(C)(C)C)C(=O)N2C[C@H](n3nnc(-c4cc(-c5ccccc5)nc5ccccc45)n3)C[C@H]2C(=O)N1. The van der Waals surface area contributed by atoms with Crippen LogP contribution in [0.2, 0.25) is 0 Å². The molecule has 14 heteroatoms. The van der Waals surface area contributed by atoms with Crippen molar-refractivity contribution in [2.45, 2.75) is 95.5 Å². The topological polar surface area (TPSA) is 182 Å². The van der Waals surface area contributed by atoms with Crippen LogP contribution < -0.4 is 10.6 Å². The fourth-order valence-electron chi connectivity index (χ4n) is 6.71. The molecule has 2 aromatic carbocycles. The number of para-hydroxylation sites is 1. The molecule has 272 valence electrons. The van der Waals surface area contributed by atoms with Crippen LogP contribution in [0.1, 0.15) is 72.3 Å². The number of pyridine rings is 1. The van der Waals surface area contributed by atoms with Crippen molar-refractivity contribution in [3.05, 3.63) is 72.8 Å². The Kier molecular flexibility index (Phi) is 10.4. The van der Waals surface area contributed by atoms with Crippen LogP contribution in [0.25, 0.3) is 33.5 Å². The normalized spacial score (nSPS) is 23.5. The van der Waals surface area contributed by atoms with Crippen molar-refractivity contribution in [1.82, 2.24) is 40.7 Å². The quantitative estimate of drug-likeness (QED) is 0.229. The Morgan fingerprint density at radius 1 is 1.08 bits per heavy atom. The fourth-order valence-corrected chi connectivity index (χ4v) is 6.71. The van der Waals surface area contributed by atoms with E-state index in [0.717, 1.165) is 22.2 Å². The molecule has 52 heavy (non-hydrogen) atoms. The highest BCUT2D eigenvalue weighted by Crippen LogP contribution is 2.33. The summed E-state index contributed by atoms with van der Waals surface area (Å²) in [5.74, 6) is -1.97. The lowest BCUT2D eigenvalue weighted by molar-refractivity contribution is -0.147. The van der Waals surface area contributed by atoms with Gasteiger partial charge in [0.2, 0.25) is 17.6 Å². The molecule has 4 aromatic rings. The predicted octanol–water partition coefficient (Wildman–Crippen LogP) is 5.07. The van der Waals surface area contributed by atoms with Crippen LogP contribution >= 0.6 is 0 Å². The fraction of sp³-hybridized carbons (Fsp3) is 0.421. The number of fused-ring (bicyclic) bond motifs is 2. The molecule has 4 heterocycles. The molecule has 0 bridgehead atoms. The number of carboxylic acids is 1. The molecule has 3 N–H and O–H groups in total. The van der Waals surface area contributed by atoms with E-state index in [1.54, 1.807) is 33.8 Å². The summed E-state index contributed by atoms with van der Waals surface area (Å²) in [4.78, 5) is 61.5. The first-order valence-electron chi connectivity index (χ1n) is 17.7. The van der Waals surface area contributed by atoms with Crippen LogP contribution in [0, 0.1) is 0 Å². The third-order valence-corrected chi connectivity index (χ3v) is 9.44. The first-order valence-corrected chi connectivity index (χ1v) is 17.7. The Morgan fingerprint density at radius 3 is 2.56 bits per heavy atom. The van der Waals surface area contributed by atoms with Gasteiger partial charge in [0.1, 0.15) is 17.7 Å². The summed E-state index contributed by atoms with van der Waals surface area (Å²) in [6.45, 7) is 6.90. The van der Waals surface area contributed by atoms with Gasteiger partial charge < -0.3 is 25.4 Å². The van der Waals surface area contributed by atoms with Gasteiger partial charge in [0.15, 0.2) is 5.54 Å². The van der Waals surface area contributed by atoms with E-state index in [1.807, 2.05) is 60.7 Å². The van der Waals surface area contributed by atoms with Gasteiger partial charge >= 0.3 is 12.1 Å². The Morgan fingerprint density at radius 2 is 1.83 bits per heavy atom. The number of carbonyl (C=O) groups is 4. The van der Waals surface area contributed by atoms with Crippen molar-refractivity contribution < 1.29 is 29.0 Å². The third kappa shape index (κ3) is 7.80. The number of allylic oxidation sites excluding steroid dienone is 1. The number of aliphatic carboxylic acids is 1. The lowest BCUT2D eigenvalue weighted by atomic mass is 9.94. The van der Waals surface area contributed by atoms with Gasteiger partial charge in [-0.3, -0.25) is 9.59 Å². The summed E-state index contributed by atoms with van der Waals surface area (Å²) in [7, 11) is 0. The highest BCUT2D eigenvalue weighted by molar-refractivity contribution is 5.96. The van der Waals surface area contributed by atoms with Crippen LogP contribution in [-0.4, -0.2) is 88.8 Å².